The largest absolute Gasteiger partial charge is 0.394 e. The van der Waals surface area contributed by atoms with Crippen LogP contribution >= 0.6 is 0 Å². The van der Waals surface area contributed by atoms with Gasteiger partial charge in [-0.1, -0.05) is 0 Å². The highest BCUT2D eigenvalue weighted by molar-refractivity contribution is 5.86. The first-order chi connectivity index (χ1) is 9.17. The lowest BCUT2D eigenvalue weighted by Crippen LogP contribution is -2.24. The first-order valence-corrected chi connectivity index (χ1v) is 6.05. The quantitative estimate of drug-likeness (QED) is 0.837. The molecule has 0 aromatic carbocycles. The maximum Gasteiger partial charge on any atom is 0.163 e. The number of fused-ring (bicyclic) bond motifs is 1. The van der Waals surface area contributed by atoms with E-state index in [2.05, 4.69) is 21.1 Å². The Bertz CT molecular complexity index is 602. The highest BCUT2D eigenvalue weighted by Crippen LogP contribution is 2.22. The SMILES string of the molecule is C[C@@H](C#N)CN(C)c1ncnc2c1cnn2CCO. The van der Waals surface area contributed by atoms with E-state index in [1.165, 1.54) is 6.33 Å². The molecule has 1 atom stereocenters. The van der Waals surface area contributed by atoms with Gasteiger partial charge >= 0.3 is 0 Å². The lowest BCUT2D eigenvalue weighted by Gasteiger charge is -2.19. The van der Waals surface area contributed by atoms with Crippen molar-refractivity contribution in [1.82, 2.24) is 19.7 Å². The summed E-state index contributed by atoms with van der Waals surface area (Å²) in [6.45, 7) is 2.87. The zero-order valence-corrected chi connectivity index (χ0v) is 11.0. The van der Waals surface area contributed by atoms with Crippen molar-refractivity contribution in [2.45, 2.75) is 13.5 Å². The van der Waals surface area contributed by atoms with Crippen LogP contribution in [0.1, 0.15) is 6.92 Å². The number of anilines is 1. The van der Waals surface area contributed by atoms with Crippen LogP contribution in [-0.4, -0.2) is 45.1 Å². The van der Waals surface area contributed by atoms with Crippen LogP contribution in [0.15, 0.2) is 12.5 Å². The molecule has 2 heterocycles. The summed E-state index contributed by atoms with van der Waals surface area (Å²) in [4.78, 5) is 10.4. The Kier molecular flexibility index (Phi) is 3.92. The van der Waals surface area contributed by atoms with Gasteiger partial charge in [-0.15, -0.1) is 0 Å². The fourth-order valence-corrected chi connectivity index (χ4v) is 1.98. The van der Waals surface area contributed by atoms with Crippen LogP contribution < -0.4 is 4.90 Å². The molecule has 0 radical (unpaired) electrons. The van der Waals surface area contributed by atoms with E-state index in [0.717, 1.165) is 11.2 Å². The minimum Gasteiger partial charge on any atom is -0.394 e. The van der Waals surface area contributed by atoms with Crippen LogP contribution in [0.3, 0.4) is 0 Å². The van der Waals surface area contributed by atoms with Gasteiger partial charge in [-0.05, 0) is 6.92 Å². The van der Waals surface area contributed by atoms with Gasteiger partial charge in [0.05, 0.1) is 36.7 Å². The van der Waals surface area contributed by atoms with E-state index in [0.29, 0.717) is 18.7 Å². The van der Waals surface area contributed by atoms with Gasteiger partial charge in [-0.25, -0.2) is 14.6 Å². The fraction of sp³-hybridized carbons (Fsp3) is 0.500. The fourth-order valence-electron chi connectivity index (χ4n) is 1.98. The summed E-state index contributed by atoms with van der Waals surface area (Å²) in [5.41, 5.74) is 0.690. The third-order valence-electron chi connectivity index (χ3n) is 2.85. The molecule has 0 aliphatic carbocycles. The molecule has 0 saturated heterocycles. The van der Waals surface area contributed by atoms with E-state index in [9.17, 15) is 0 Å². The first kappa shape index (κ1) is 13.2. The zero-order valence-electron chi connectivity index (χ0n) is 11.0. The molecule has 0 aliphatic heterocycles. The molecule has 0 unspecified atom stereocenters. The molecule has 2 rings (SSSR count). The molecule has 2 aromatic rings. The van der Waals surface area contributed by atoms with Crippen LogP contribution in [0.2, 0.25) is 0 Å². The molecule has 2 aromatic heterocycles. The molecule has 7 heteroatoms. The second kappa shape index (κ2) is 5.63. The number of aliphatic hydroxyl groups excluding tert-OH is 1. The number of nitriles is 1. The number of aromatic nitrogens is 4. The summed E-state index contributed by atoms with van der Waals surface area (Å²) < 4.78 is 1.64. The standard InChI is InChI=1S/C12H16N6O/c1-9(5-13)7-17(2)11-10-6-16-18(3-4-19)12(10)15-8-14-11/h6,8-9,19H,3-4,7H2,1-2H3/t9-/m0/s1. The Balaban J connectivity index is 2.36. The molecule has 0 saturated carbocycles. The number of aliphatic hydroxyl groups is 1. The van der Waals surface area contributed by atoms with Gasteiger partial charge in [0.1, 0.15) is 12.1 Å². The number of nitrogens with zero attached hydrogens (tertiary/aromatic N) is 6. The predicted molar refractivity (Wildman–Crippen MR) is 70.5 cm³/mol. The Hall–Kier alpha value is -2.20. The maximum atomic E-state index is 8.98. The van der Waals surface area contributed by atoms with Crippen LogP contribution in [0.5, 0.6) is 0 Å². The number of hydrogen-bond donors (Lipinski definition) is 1. The topological polar surface area (TPSA) is 90.9 Å². The molecule has 7 nitrogen and oxygen atoms in total. The third kappa shape index (κ3) is 2.63. The minimum absolute atomic E-state index is 0.0113. The molecule has 0 amide bonds. The molecule has 19 heavy (non-hydrogen) atoms. The average Bonchev–Trinajstić information content (AvgIpc) is 2.82. The van der Waals surface area contributed by atoms with Gasteiger partial charge < -0.3 is 10.0 Å². The van der Waals surface area contributed by atoms with Gasteiger partial charge in [0, 0.05) is 13.6 Å². The lowest BCUT2D eigenvalue weighted by atomic mass is 10.2. The van der Waals surface area contributed by atoms with Gasteiger partial charge in [0.25, 0.3) is 0 Å². The zero-order chi connectivity index (χ0) is 13.8. The van der Waals surface area contributed by atoms with E-state index in [-0.39, 0.29) is 12.5 Å². The van der Waals surface area contributed by atoms with Gasteiger partial charge in [-0.3, -0.25) is 0 Å². The number of rotatable bonds is 5. The smallest absolute Gasteiger partial charge is 0.163 e. The van der Waals surface area contributed by atoms with Crippen molar-refractivity contribution in [3.63, 3.8) is 0 Å². The Labute approximate surface area is 111 Å². The molecule has 0 spiro atoms. The minimum atomic E-state index is -0.0810. The molecule has 0 bridgehead atoms. The predicted octanol–water partition coefficient (Wildman–Crippen LogP) is 0.414. The van der Waals surface area contributed by atoms with E-state index in [4.69, 9.17) is 10.4 Å². The van der Waals surface area contributed by atoms with Gasteiger partial charge in [0.2, 0.25) is 0 Å². The first-order valence-electron chi connectivity index (χ1n) is 6.05. The summed E-state index contributed by atoms with van der Waals surface area (Å²) in [6, 6.07) is 2.20. The summed E-state index contributed by atoms with van der Waals surface area (Å²) in [5, 5.41) is 22.9. The van der Waals surface area contributed by atoms with Crippen molar-refractivity contribution in [2.75, 3.05) is 25.1 Å². The van der Waals surface area contributed by atoms with Gasteiger partial charge in [0.15, 0.2) is 5.65 Å². The van der Waals surface area contributed by atoms with E-state index in [1.54, 1.807) is 10.9 Å². The molecular weight excluding hydrogens is 244 g/mol. The second-order valence-electron chi connectivity index (χ2n) is 4.44. The second-order valence-corrected chi connectivity index (χ2v) is 4.44. The van der Waals surface area contributed by atoms with Crippen molar-refractivity contribution >= 4 is 16.9 Å². The highest BCUT2D eigenvalue weighted by atomic mass is 16.3. The van der Waals surface area contributed by atoms with Crippen LogP contribution in [0.4, 0.5) is 5.82 Å². The normalized spacial score (nSPS) is 12.3. The Morgan fingerprint density at radius 3 is 3.00 bits per heavy atom. The summed E-state index contributed by atoms with van der Waals surface area (Å²) in [6.07, 6.45) is 3.16. The molecule has 100 valence electrons. The average molecular weight is 260 g/mol. The molecular formula is C12H16N6O. The summed E-state index contributed by atoms with van der Waals surface area (Å²) >= 11 is 0. The van der Waals surface area contributed by atoms with Crippen LogP contribution in [-0.2, 0) is 6.54 Å². The highest BCUT2D eigenvalue weighted by Gasteiger charge is 2.14. The lowest BCUT2D eigenvalue weighted by molar-refractivity contribution is 0.271. The van der Waals surface area contributed by atoms with Crippen molar-refractivity contribution < 1.29 is 5.11 Å². The van der Waals surface area contributed by atoms with E-state index in [1.807, 2.05) is 18.9 Å². The molecule has 0 fully saturated rings. The Morgan fingerprint density at radius 1 is 1.53 bits per heavy atom. The van der Waals surface area contributed by atoms with Crippen molar-refractivity contribution in [1.29, 1.82) is 5.26 Å². The number of hydrogen-bond acceptors (Lipinski definition) is 6. The summed E-state index contributed by atoms with van der Waals surface area (Å²) in [7, 11) is 1.89. The van der Waals surface area contributed by atoms with Gasteiger partial charge in [-0.2, -0.15) is 10.4 Å². The third-order valence-corrected chi connectivity index (χ3v) is 2.85. The summed E-state index contributed by atoms with van der Waals surface area (Å²) in [5.74, 6) is 0.666. The van der Waals surface area contributed by atoms with Crippen LogP contribution in [0, 0.1) is 17.2 Å². The van der Waals surface area contributed by atoms with Crippen LogP contribution in [0.25, 0.3) is 11.0 Å². The monoisotopic (exact) mass is 260 g/mol. The van der Waals surface area contributed by atoms with E-state index >= 15 is 0 Å². The van der Waals surface area contributed by atoms with Crippen molar-refractivity contribution in [2.24, 2.45) is 5.92 Å². The van der Waals surface area contributed by atoms with Crippen molar-refractivity contribution in [3.05, 3.63) is 12.5 Å². The Morgan fingerprint density at radius 2 is 2.32 bits per heavy atom. The van der Waals surface area contributed by atoms with E-state index < -0.39 is 0 Å². The molecule has 0 aliphatic rings. The van der Waals surface area contributed by atoms with Crippen molar-refractivity contribution in [3.8, 4) is 6.07 Å². The molecule has 1 N–H and O–H groups in total. The maximum absolute atomic E-state index is 8.98.